The summed E-state index contributed by atoms with van der Waals surface area (Å²) >= 11 is 3.57. The molecule has 0 spiro atoms. The van der Waals surface area contributed by atoms with Crippen LogP contribution in [-0.4, -0.2) is 42.2 Å². The maximum absolute atomic E-state index is 12.3. The van der Waals surface area contributed by atoms with Crippen LogP contribution in [0.4, 0.5) is 0 Å². The largest absolute Gasteiger partial charge is 0.338 e. The van der Waals surface area contributed by atoms with Gasteiger partial charge in [-0.2, -0.15) is 5.10 Å². The number of rotatable bonds is 3. The summed E-state index contributed by atoms with van der Waals surface area (Å²) in [4.78, 5) is 23.3. The van der Waals surface area contributed by atoms with Crippen molar-refractivity contribution in [1.82, 2.24) is 29.2 Å². The third-order valence-electron chi connectivity index (χ3n) is 5.23. The highest BCUT2D eigenvalue weighted by atomic mass is 79.9. The number of fused-ring (bicyclic) bond motifs is 5. The number of carbonyl (C=O) groups is 1. The lowest BCUT2D eigenvalue weighted by Crippen LogP contribution is -2.28. The predicted octanol–water partition coefficient (Wildman–Crippen LogP) is 3.35. The molecule has 5 rings (SSSR count). The molecule has 0 atom stereocenters. The molecule has 3 heterocycles. The number of aromatic nitrogens is 5. The fraction of sp³-hybridized carbons (Fsp3) is 0.368. The van der Waals surface area contributed by atoms with Gasteiger partial charge < -0.3 is 9.47 Å². The Morgan fingerprint density at radius 3 is 2.89 bits per heavy atom. The van der Waals surface area contributed by atoms with E-state index in [-0.39, 0.29) is 24.2 Å². The van der Waals surface area contributed by atoms with Crippen LogP contribution in [0.1, 0.15) is 30.1 Å². The second-order valence-electron chi connectivity index (χ2n) is 7.29. The van der Waals surface area contributed by atoms with Crippen molar-refractivity contribution < 1.29 is 4.79 Å². The molecule has 1 fully saturated rings. The predicted molar refractivity (Wildman–Crippen MR) is 111 cm³/mol. The Labute approximate surface area is 177 Å². The quantitative estimate of drug-likeness (QED) is 0.467. The SMILES string of the molecule is Cc1ncn2c1Cn1nc(CN(C)C(=O)C3CC3)nc1-c1cc(Br)ccc1-2.Cl. The van der Waals surface area contributed by atoms with Gasteiger partial charge in [0.15, 0.2) is 11.6 Å². The number of hydrogen-bond donors (Lipinski definition) is 0. The molecule has 2 aromatic heterocycles. The van der Waals surface area contributed by atoms with Crippen LogP contribution in [0, 0.1) is 12.8 Å². The molecule has 1 aliphatic heterocycles. The van der Waals surface area contributed by atoms with Crippen LogP contribution in [0.25, 0.3) is 17.1 Å². The van der Waals surface area contributed by atoms with Gasteiger partial charge in [-0.25, -0.2) is 14.6 Å². The number of halogens is 2. The first-order chi connectivity index (χ1) is 13.0. The van der Waals surface area contributed by atoms with Crippen molar-refractivity contribution in [3.8, 4) is 17.1 Å². The van der Waals surface area contributed by atoms with Gasteiger partial charge in [-0.3, -0.25) is 4.79 Å². The standard InChI is InChI=1S/C19H19BrN6O.ClH/c1-11-16-8-26-18(14-7-13(20)5-6-15(14)25(16)10-21-11)22-17(23-26)9-24(2)19(27)12-3-4-12;/h5-7,10,12H,3-4,8-9H2,1-2H3;1H. The van der Waals surface area contributed by atoms with E-state index < -0.39 is 0 Å². The number of carbonyl (C=O) groups excluding carboxylic acids is 1. The molecule has 0 saturated heterocycles. The van der Waals surface area contributed by atoms with Gasteiger partial charge in [0.05, 0.1) is 36.5 Å². The van der Waals surface area contributed by atoms with E-state index in [1.54, 1.807) is 4.90 Å². The Bertz CT molecular complexity index is 1070. The Balaban J connectivity index is 0.00000192. The topological polar surface area (TPSA) is 68.8 Å². The number of aryl methyl sites for hydroxylation is 1. The molecule has 1 amide bonds. The average Bonchev–Trinajstić information content (AvgIpc) is 3.35. The van der Waals surface area contributed by atoms with E-state index in [9.17, 15) is 4.79 Å². The van der Waals surface area contributed by atoms with Gasteiger partial charge in [0.1, 0.15) is 0 Å². The fourth-order valence-corrected chi connectivity index (χ4v) is 3.96. The van der Waals surface area contributed by atoms with Gasteiger partial charge in [0.2, 0.25) is 5.91 Å². The van der Waals surface area contributed by atoms with E-state index in [2.05, 4.69) is 37.6 Å². The van der Waals surface area contributed by atoms with Crippen molar-refractivity contribution in [2.75, 3.05) is 7.05 Å². The van der Waals surface area contributed by atoms with Crippen LogP contribution < -0.4 is 0 Å². The highest BCUT2D eigenvalue weighted by Gasteiger charge is 2.32. The zero-order chi connectivity index (χ0) is 18.7. The second kappa shape index (κ2) is 7.00. The van der Waals surface area contributed by atoms with Crippen LogP contribution in [0.5, 0.6) is 0 Å². The lowest BCUT2D eigenvalue weighted by atomic mass is 10.1. The molecule has 0 bridgehead atoms. The van der Waals surface area contributed by atoms with Gasteiger partial charge >= 0.3 is 0 Å². The minimum absolute atomic E-state index is 0. The molecule has 7 nitrogen and oxygen atoms in total. The van der Waals surface area contributed by atoms with Crippen molar-refractivity contribution in [2.45, 2.75) is 32.9 Å². The van der Waals surface area contributed by atoms with Crippen molar-refractivity contribution in [3.63, 3.8) is 0 Å². The number of benzene rings is 1. The first-order valence-electron chi connectivity index (χ1n) is 9.03. The summed E-state index contributed by atoms with van der Waals surface area (Å²) in [6.07, 6.45) is 3.86. The van der Waals surface area contributed by atoms with E-state index >= 15 is 0 Å². The molecule has 1 aromatic carbocycles. The normalized spacial score (nSPS) is 14.4. The third-order valence-corrected chi connectivity index (χ3v) is 5.72. The van der Waals surface area contributed by atoms with Crippen molar-refractivity contribution in [1.29, 1.82) is 0 Å². The van der Waals surface area contributed by atoms with E-state index in [0.29, 0.717) is 18.9 Å². The molecule has 1 saturated carbocycles. The van der Waals surface area contributed by atoms with Crippen molar-refractivity contribution in [3.05, 3.63) is 46.2 Å². The zero-order valence-electron chi connectivity index (χ0n) is 15.6. The summed E-state index contributed by atoms with van der Waals surface area (Å²) < 4.78 is 5.01. The minimum atomic E-state index is 0. The second-order valence-corrected chi connectivity index (χ2v) is 8.20. The molecule has 28 heavy (non-hydrogen) atoms. The molecule has 2 aliphatic rings. The summed E-state index contributed by atoms with van der Waals surface area (Å²) in [5, 5.41) is 4.72. The van der Waals surface area contributed by atoms with Gasteiger partial charge in [0.25, 0.3) is 0 Å². The zero-order valence-corrected chi connectivity index (χ0v) is 18.0. The summed E-state index contributed by atoms with van der Waals surface area (Å²) in [7, 11) is 1.83. The summed E-state index contributed by atoms with van der Waals surface area (Å²) in [5.41, 5.74) is 4.11. The van der Waals surface area contributed by atoms with Gasteiger partial charge in [-0.1, -0.05) is 15.9 Å². The van der Waals surface area contributed by atoms with Crippen LogP contribution in [0.2, 0.25) is 0 Å². The first kappa shape index (κ1) is 19.1. The Kier molecular flexibility index (Phi) is 4.79. The Morgan fingerprint density at radius 2 is 2.14 bits per heavy atom. The van der Waals surface area contributed by atoms with Gasteiger partial charge in [-0.05, 0) is 38.0 Å². The molecular weight excluding hydrogens is 444 g/mol. The smallest absolute Gasteiger partial charge is 0.225 e. The van der Waals surface area contributed by atoms with E-state index in [1.807, 2.05) is 31.0 Å². The Morgan fingerprint density at radius 1 is 1.36 bits per heavy atom. The summed E-state index contributed by atoms with van der Waals surface area (Å²) in [6, 6.07) is 6.15. The molecular formula is C19H20BrClN6O. The molecule has 146 valence electrons. The maximum Gasteiger partial charge on any atom is 0.225 e. The van der Waals surface area contributed by atoms with Crippen molar-refractivity contribution in [2.24, 2.45) is 5.92 Å². The summed E-state index contributed by atoms with van der Waals surface area (Å²) in [6.45, 7) is 3.03. The molecule has 9 heteroatoms. The lowest BCUT2D eigenvalue weighted by molar-refractivity contribution is -0.131. The monoisotopic (exact) mass is 462 g/mol. The Hall–Kier alpha value is -2.19. The molecule has 0 unspecified atom stereocenters. The average molecular weight is 464 g/mol. The van der Waals surface area contributed by atoms with E-state index in [4.69, 9.17) is 10.1 Å². The van der Waals surface area contributed by atoms with Gasteiger partial charge in [0, 0.05) is 23.0 Å². The van der Waals surface area contributed by atoms with Crippen LogP contribution in [-0.2, 0) is 17.9 Å². The number of imidazole rings is 1. The highest BCUT2D eigenvalue weighted by molar-refractivity contribution is 9.10. The first-order valence-corrected chi connectivity index (χ1v) is 9.82. The lowest BCUT2D eigenvalue weighted by Gasteiger charge is -2.14. The molecule has 1 aliphatic carbocycles. The third kappa shape index (κ3) is 3.14. The number of nitrogens with zero attached hydrogens (tertiary/aromatic N) is 6. The van der Waals surface area contributed by atoms with E-state index in [1.165, 1.54) is 0 Å². The number of amides is 1. The number of hydrogen-bond acceptors (Lipinski definition) is 4. The van der Waals surface area contributed by atoms with Crippen LogP contribution in [0.3, 0.4) is 0 Å². The molecule has 0 radical (unpaired) electrons. The highest BCUT2D eigenvalue weighted by Crippen LogP contribution is 2.34. The van der Waals surface area contributed by atoms with E-state index in [0.717, 1.165) is 45.8 Å². The van der Waals surface area contributed by atoms with Gasteiger partial charge in [-0.15, -0.1) is 12.4 Å². The fourth-order valence-electron chi connectivity index (χ4n) is 3.60. The molecule has 0 N–H and O–H groups in total. The summed E-state index contributed by atoms with van der Waals surface area (Å²) in [5.74, 6) is 1.87. The van der Waals surface area contributed by atoms with Crippen LogP contribution >= 0.6 is 28.3 Å². The maximum atomic E-state index is 12.3. The minimum Gasteiger partial charge on any atom is -0.338 e. The molecule has 3 aromatic rings. The van der Waals surface area contributed by atoms with Crippen molar-refractivity contribution >= 4 is 34.2 Å². The van der Waals surface area contributed by atoms with Crippen LogP contribution in [0.15, 0.2) is 29.0 Å².